The average molecular weight is 356 g/mol. The van der Waals surface area contributed by atoms with Gasteiger partial charge >= 0.3 is 5.97 Å². The van der Waals surface area contributed by atoms with E-state index in [1.165, 1.54) is 24.3 Å². The maximum absolute atomic E-state index is 13.3. The van der Waals surface area contributed by atoms with Gasteiger partial charge in [-0.25, -0.2) is 9.18 Å². The molecule has 0 bridgehead atoms. The van der Waals surface area contributed by atoms with Crippen molar-refractivity contribution in [3.63, 3.8) is 0 Å². The second-order valence-electron chi connectivity index (χ2n) is 5.66. The minimum Gasteiger partial charge on any atom is -0.479 e. The molecule has 0 fully saturated rings. The van der Waals surface area contributed by atoms with Crippen molar-refractivity contribution >= 4 is 17.8 Å². The van der Waals surface area contributed by atoms with E-state index in [-0.39, 0.29) is 18.1 Å². The number of hydrogen-bond donors (Lipinski definition) is 0. The van der Waals surface area contributed by atoms with Crippen molar-refractivity contribution in [3.8, 4) is 11.5 Å². The van der Waals surface area contributed by atoms with E-state index in [4.69, 9.17) is 14.2 Å². The number of ether oxygens (including phenoxy) is 3. The first-order valence-electron chi connectivity index (χ1n) is 8.15. The Morgan fingerprint density at radius 3 is 2.81 bits per heavy atom. The smallest absolute Gasteiger partial charge is 0.347 e. The van der Waals surface area contributed by atoms with Gasteiger partial charge in [-0.3, -0.25) is 4.79 Å². The van der Waals surface area contributed by atoms with E-state index in [0.29, 0.717) is 22.6 Å². The van der Waals surface area contributed by atoms with Crippen molar-refractivity contribution < 1.29 is 28.2 Å². The van der Waals surface area contributed by atoms with Gasteiger partial charge in [0.1, 0.15) is 17.3 Å². The molecule has 6 heteroatoms. The molecule has 0 amide bonds. The second kappa shape index (κ2) is 7.39. The quantitative estimate of drug-likeness (QED) is 0.603. The molecule has 0 unspecified atom stereocenters. The van der Waals surface area contributed by atoms with Crippen LogP contribution in [0, 0.1) is 5.82 Å². The lowest BCUT2D eigenvalue weighted by atomic mass is 10.1. The highest BCUT2D eigenvalue weighted by Crippen LogP contribution is 2.35. The van der Waals surface area contributed by atoms with Gasteiger partial charge in [0.15, 0.2) is 11.9 Å². The predicted octanol–water partition coefficient (Wildman–Crippen LogP) is 3.77. The van der Waals surface area contributed by atoms with Crippen LogP contribution in [0.1, 0.15) is 29.8 Å². The van der Waals surface area contributed by atoms with Gasteiger partial charge in [-0.05, 0) is 49.8 Å². The van der Waals surface area contributed by atoms with E-state index < -0.39 is 17.9 Å². The van der Waals surface area contributed by atoms with Crippen molar-refractivity contribution in [1.82, 2.24) is 0 Å². The Morgan fingerprint density at radius 1 is 1.27 bits per heavy atom. The van der Waals surface area contributed by atoms with Crippen LogP contribution in [-0.4, -0.2) is 24.5 Å². The van der Waals surface area contributed by atoms with E-state index in [1.807, 2.05) is 0 Å². The number of halogens is 1. The van der Waals surface area contributed by atoms with E-state index in [9.17, 15) is 14.0 Å². The third-order valence-electron chi connectivity index (χ3n) is 3.72. The van der Waals surface area contributed by atoms with Crippen LogP contribution in [0.3, 0.4) is 0 Å². The van der Waals surface area contributed by atoms with E-state index in [0.717, 1.165) is 0 Å². The summed E-state index contributed by atoms with van der Waals surface area (Å²) < 4.78 is 29.3. The number of allylic oxidation sites excluding steroid dienone is 1. The van der Waals surface area contributed by atoms with Gasteiger partial charge in [0, 0.05) is 6.07 Å². The summed E-state index contributed by atoms with van der Waals surface area (Å²) in [6, 6.07) is 10.5. The number of fused-ring (bicyclic) bond motifs is 1. The number of hydrogen-bond acceptors (Lipinski definition) is 5. The monoisotopic (exact) mass is 356 g/mol. The third kappa shape index (κ3) is 3.74. The van der Waals surface area contributed by atoms with Crippen LogP contribution in [0.5, 0.6) is 11.5 Å². The average Bonchev–Trinajstić information content (AvgIpc) is 2.90. The number of ketones is 1. The Labute approximate surface area is 150 Å². The zero-order valence-electron chi connectivity index (χ0n) is 14.3. The maximum Gasteiger partial charge on any atom is 0.347 e. The van der Waals surface area contributed by atoms with Crippen molar-refractivity contribution in [2.75, 3.05) is 6.61 Å². The summed E-state index contributed by atoms with van der Waals surface area (Å²) in [4.78, 5) is 24.1. The first-order valence-corrected chi connectivity index (χ1v) is 8.15. The molecule has 0 saturated carbocycles. The lowest BCUT2D eigenvalue weighted by Crippen LogP contribution is -2.26. The molecule has 0 spiro atoms. The van der Waals surface area contributed by atoms with Gasteiger partial charge in [0.2, 0.25) is 5.78 Å². The molecule has 0 N–H and O–H groups in total. The second-order valence-corrected chi connectivity index (χ2v) is 5.66. The molecule has 0 saturated heterocycles. The summed E-state index contributed by atoms with van der Waals surface area (Å²) in [6.07, 6.45) is 0.695. The molecule has 26 heavy (non-hydrogen) atoms. The molecule has 2 aromatic carbocycles. The fourth-order valence-corrected chi connectivity index (χ4v) is 2.50. The highest BCUT2D eigenvalue weighted by atomic mass is 19.1. The fraction of sp³-hybridized carbons (Fsp3) is 0.200. The largest absolute Gasteiger partial charge is 0.479 e. The third-order valence-corrected chi connectivity index (χ3v) is 3.72. The fourth-order valence-electron chi connectivity index (χ4n) is 2.50. The topological polar surface area (TPSA) is 61.8 Å². The Morgan fingerprint density at radius 2 is 2.08 bits per heavy atom. The molecule has 0 aromatic heterocycles. The minimum atomic E-state index is -0.785. The summed E-state index contributed by atoms with van der Waals surface area (Å²) in [5.41, 5.74) is 0.900. The van der Waals surface area contributed by atoms with Gasteiger partial charge in [0.05, 0.1) is 12.2 Å². The molecule has 134 valence electrons. The zero-order chi connectivity index (χ0) is 18.7. The van der Waals surface area contributed by atoms with Crippen LogP contribution >= 0.6 is 0 Å². The van der Waals surface area contributed by atoms with Gasteiger partial charge < -0.3 is 14.2 Å². The van der Waals surface area contributed by atoms with E-state index >= 15 is 0 Å². The van der Waals surface area contributed by atoms with Crippen LogP contribution in [0.25, 0.3) is 6.08 Å². The number of benzene rings is 2. The van der Waals surface area contributed by atoms with Crippen molar-refractivity contribution in [3.05, 3.63) is 65.2 Å². The summed E-state index contributed by atoms with van der Waals surface area (Å²) in [7, 11) is 0. The zero-order valence-corrected chi connectivity index (χ0v) is 14.3. The van der Waals surface area contributed by atoms with Crippen LogP contribution < -0.4 is 9.47 Å². The maximum atomic E-state index is 13.3. The number of rotatable bonds is 5. The van der Waals surface area contributed by atoms with Gasteiger partial charge in [-0.1, -0.05) is 12.1 Å². The Kier molecular flexibility index (Phi) is 5.02. The highest BCUT2D eigenvalue weighted by Gasteiger charge is 2.28. The first kappa shape index (κ1) is 17.7. The number of esters is 1. The summed E-state index contributed by atoms with van der Waals surface area (Å²) in [5.74, 6) is -0.367. The van der Waals surface area contributed by atoms with Gasteiger partial charge in [-0.2, -0.15) is 0 Å². The summed E-state index contributed by atoms with van der Waals surface area (Å²) in [5, 5.41) is 0. The Hall–Kier alpha value is -3.15. The molecule has 1 heterocycles. The molecular weight excluding hydrogens is 339 g/mol. The lowest BCUT2D eigenvalue weighted by molar-refractivity contribution is -0.150. The van der Waals surface area contributed by atoms with Crippen molar-refractivity contribution in [1.29, 1.82) is 0 Å². The standard InChI is InChI=1S/C20H17FO5/c1-3-24-20(23)12(2)25-15-7-8-16-17(11-15)26-18(19(16)22)10-13-5-4-6-14(21)9-13/h4-12H,3H2,1-2H3/t12-/m1/s1. The molecule has 3 rings (SSSR count). The normalized spacial score (nSPS) is 15.3. The number of Topliss-reactive ketones (excluding diaryl/α,β-unsaturated/α-hetero) is 1. The van der Waals surface area contributed by atoms with Crippen LogP contribution in [0.2, 0.25) is 0 Å². The van der Waals surface area contributed by atoms with Crippen LogP contribution in [0.4, 0.5) is 4.39 Å². The Bertz CT molecular complexity index is 888. The molecule has 1 aliphatic rings. The highest BCUT2D eigenvalue weighted by molar-refractivity contribution is 6.14. The van der Waals surface area contributed by atoms with Gasteiger partial charge in [0.25, 0.3) is 0 Å². The van der Waals surface area contributed by atoms with Crippen LogP contribution in [-0.2, 0) is 9.53 Å². The molecule has 1 atom stereocenters. The lowest BCUT2D eigenvalue weighted by Gasteiger charge is -2.13. The Balaban J connectivity index is 1.79. The van der Waals surface area contributed by atoms with Gasteiger partial charge in [-0.15, -0.1) is 0 Å². The molecule has 2 aromatic rings. The van der Waals surface area contributed by atoms with E-state index in [1.54, 1.807) is 38.1 Å². The summed E-state index contributed by atoms with van der Waals surface area (Å²) in [6.45, 7) is 3.56. The number of carbonyl (C=O) groups excluding carboxylic acids is 2. The van der Waals surface area contributed by atoms with E-state index in [2.05, 4.69) is 0 Å². The molecule has 0 aliphatic carbocycles. The summed E-state index contributed by atoms with van der Waals surface area (Å²) >= 11 is 0. The molecular formula is C20H17FO5. The number of carbonyl (C=O) groups is 2. The predicted molar refractivity (Wildman–Crippen MR) is 92.5 cm³/mol. The van der Waals surface area contributed by atoms with Crippen molar-refractivity contribution in [2.45, 2.75) is 20.0 Å². The first-order chi connectivity index (χ1) is 12.5. The molecule has 5 nitrogen and oxygen atoms in total. The van der Waals surface area contributed by atoms with Crippen molar-refractivity contribution in [2.24, 2.45) is 0 Å². The molecule has 0 radical (unpaired) electrons. The minimum absolute atomic E-state index is 0.0983. The molecule has 1 aliphatic heterocycles. The van der Waals surface area contributed by atoms with Crippen LogP contribution in [0.15, 0.2) is 48.2 Å². The SMILES string of the molecule is CCOC(=O)[C@@H](C)Oc1ccc2c(c1)OC(=Cc1cccc(F)c1)C2=O.